The number of anilines is 1. The molecule has 6 nitrogen and oxygen atoms in total. The number of benzene rings is 2. The van der Waals surface area contributed by atoms with Crippen LogP contribution in [0.25, 0.3) is 0 Å². The van der Waals surface area contributed by atoms with E-state index in [0.717, 1.165) is 11.3 Å². The van der Waals surface area contributed by atoms with Gasteiger partial charge in [-0.2, -0.15) is 5.10 Å². The van der Waals surface area contributed by atoms with E-state index in [2.05, 4.69) is 16.1 Å². The van der Waals surface area contributed by atoms with Crippen LogP contribution in [-0.2, 0) is 4.79 Å². The highest BCUT2D eigenvalue weighted by molar-refractivity contribution is 6.54. The Morgan fingerprint density at radius 2 is 2.11 bits per heavy atom. The molecule has 0 saturated heterocycles. The molecule has 1 aliphatic heterocycles. The van der Waals surface area contributed by atoms with Crippen molar-refractivity contribution in [3.8, 4) is 23.8 Å². The minimum Gasteiger partial charge on any atom is -0.493 e. The van der Waals surface area contributed by atoms with Gasteiger partial charge in [-0.3, -0.25) is 4.79 Å². The van der Waals surface area contributed by atoms with Gasteiger partial charge < -0.3 is 14.4 Å². The summed E-state index contributed by atoms with van der Waals surface area (Å²) < 4.78 is 10.7. The van der Waals surface area contributed by atoms with E-state index in [9.17, 15) is 4.79 Å². The summed E-state index contributed by atoms with van der Waals surface area (Å²) in [6.45, 7) is 2.55. The van der Waals surface area contributed by atoms with Gasteiger partial charge in [0.05, 0.1) is 24.0 Å². The zero-order chi connectivity index (χ0) is 20.1. The van der Waals surface area contributed by atoms with Crippen LogP contribution in [0.1, 0.15) is 18.1 Å². The van der Waals surface area contributed by atoms with Gasteiger partial charge in [0.2, 0.25) is 0 Å². The molecule has 0 saturated carbocycles. The van der Waals surface area contributed by atoms with Crippen molar-refractivity contribution in [1.82, 2.24) is 0 Å². The fourth-order valence-corrected chi connectivity index (χ4v) is 3.17. The number of methoxy groups -OCH3 is 1. The fraction of sp³-hybridized carbons (Fsp3) is 0.190. The number of ether oxygens (including phenoxy) is 2. The van der Waals surface area contributed by atoms with Crippen molar-refractivity contribution in [3.63, 3.8) is 0 Å². The number of carbonyl (C=O) groups excluding carboxylic acids is 1. The van der Waals surface area contributed by atoms with Crippen molar-refractivity contribution in [2.24, 2.45) is 10.2 Å². The number of carbonyl (C=O) groups is 1. The van der Waals surface area contributed by atoms with Gasteiger partial charge in [0.25, 0.3) is 5.91 Å². The largest absolute Gasteiger partial charge is 0.493 e. The van der Waals surface area contributed by atoms with Crippen LogP contribution in [0.4, 0.5) is 5.69 Å². The van der Waals surface area contributed by atoms with Gasteiger partial charge >= 0.3 is 0 Å². The molecule has 0 N–H and O–H groups in total. The first-order chi connectivity index (χ1) is 13.6. The minimum absolute atomic E-state index is 0.0760. The number of fused-ring (bicyclic) bond motifs is 1. The third-order valence-corrected chi connectivity index (χ3v) is 4.41. The van der Waals surface area contributed by atoms with E-state index in [0.29, 0.717) is 34.3 Å². The van der Waals surface area contributed by atoms with Gasteiger partial charge in [0, 0.05) is 17.7 Å². The Kier molecular flexibility index (Phi) is 5.97. The summed E-state index contributed by atoms with van der Waals surface area (Å²) in [5, 5.41) is 8.56. The Bertz CT molecular complexity index is 1010. The number of hydrogen-bond acceptors (Lipinski definition) is 5. The number of terminal acetylenes is 1. The molecule has 0 radical (unpaired) electrons. The van der Waals surface area contributed by atoms with E-state index >= 15 is 0 Å². The van der Waals surface area contributed by atoms with E-state index in [1.54, 1.807) is 17.0 Å². The minimum atomic E-state index is -0.172. The highest BCUT2D eigenvalue weighted by atomic mass is 35.5. The van der Waals surface area contributed by atoms with Gasteiger partial charge in [-0.1, -0.05) is 35.7 Å². The second-order valence-electron chi connectivity index (χ2n) is 5.79. The molecule has 142 valence electrons. The molecule has 3 rings (SSSR count). The lowest BCUT2D eigenvalue weighted by Gasteiger charge is -2.12. The lowest BCUT2D eigenvalue weighted by molar-refractivity contribution is -0.112. The summed E-state index contributed by atoms with van der Waals surface area (Å²) in [6, 6.07) is 10.9. The van der Waals surface area contributed by atoms with Crippen LogP contribution >= 0.6 is 11.6 Å². The Balaban J connectivity index is 1.90. The molecule has 1 amide bonds. The zero-order valence-corrected chi connectivity index (χ0v) is 16.2. The molecule has 1 aliphatic rings. The molecular formula is C21H18ClN3O3. The van der Waals surface area contributed by atoms with Crippen molar-refractivity contribution in [3.05, 3.63) is 52.5 Å². The smallest absolute Gasteiger partial charge is 0.279 e. The first-order valence-electron chi connectivity index (χ1n) is 8.56. The first kappa shape index (κ1) is 19.5. The lowest BCUT2D eigenvalue weighted by Crippen LogP contribution is -2.29. The number of likely N-dealkylation sites (N-methyl/N-ethyl adjacent to an activating group) is 1. The van der Waals surface area contributed by atoms with Crippen LogP contribution in [0.15, 0.2) is 46.6 Å². The van der Waals surface area contributed by atoms with E-state index in [-0.39, 0.29) is 12.5 Å². The standard InChI is InChI=1S/C21H18ClN3O3/c1-4-10-28-20-16(22)11-14(12-18(20)27-3)13-23-24-19-15-8-6-7-9-17(15)25(5-2)21(19)26/h1,6-9,11-13H,5,10H2,2-3H3/b23-13-,24-19+. The summed E-state index contributed by atoms with van der Waals surface area (Å²) in [5.41, 5.74) is 2.55. The number of para-hydroxylation sites is 1. The number of nitrogens with zero attached hydrogens (tertiary/aromatic N) is 3. The van der Waals surface area contributed by atoms with E-state index in [1.807, 2.05) is 31.2 Å². The van der Waals surface area contributed by atoms with Crippen LogP contribution in [0.3, 0.4) is 0 Å². The highest BCUT2D eigenvalue weighted by Gasteiger charge is 2.32. The molecule has 0 bridgehead atoms. The Hall–Kier alpha value is -3.30. The van der Waals surface area contributed by atoms with Gasteiger partial charge in [-0.05, 0) is 25.1 Å². The van der Waals surface area contributed by atoms with Crippen molar-refractivity contribution in [1.29, 1.82) is 0 Å². The fourth-order valence-electron chi connectivity index (χ4n) is 2.89. The molecule has 0 aromatic heterocycles. The molecule has 0 unspecified atom stereocenters. The van der Waals surface area contributed by atoms with E-state index in [1.165, 1.54) is 13.3 Å². The van der Waals surface area contributed by atoms with Crippen LogP contribution in [0.5, 0.6) is 11.5 Å². The average molecular weight is 396 g/mol. The van der Waals surface area contributed by atoms with Crippen LogP contribution < -0.4 is 14.4 Å². The second kappa shape index (κ2) is 8.59. The number of amides is 1. The van der Waals surface area contributed by atoms with E-state index in [4.69, 9.17) is 27.5 Å². The summed E-state index contributed by atoms with van der Waals surface area (Å²) >= 11 is 6.25. The average Bonchev–Trinajstić information content (AvgIpc) is 2.97. The maximum Gasteiger partial charge on any atom is 0.279 e. The SMILES string of the molecule is C#CCOc1c(Cl)cc(/C=N\N=C2\C(=O)N(CC)c3ccccc32)cc1OC. The number of halogens is 1. The van der Waals surface area contributed by atoms with Gasteiger partial charge in [0.1, 0.15) is 6.61 Å². The number of rotatable bonds is 6. The normalized spacial score (nSPS) is 14.4. The molecule has 2 aromatic rings. The third-order valence-electron chi connectivity index (χ3n) is 4.13. The molecule has 0 fully saturated rings. The summed E-state index contributed by atoms with van der Waals surface area (Å²) in [7, 11) is 1.50. The molecule has 0 atom stereocenters. The van der Waals surface area contributed by atoms with Gasteiger partial charge in [-0.25, -0.2) is 0 Å². The van der Waals surface area contributed by atoms with Crippen LogP contribution in [0.2, 0.25) is 5.02 Å². The molecule has 28 heavy (non-hydrogen) atoms. The van der Waals surface area contributed by atoms with E-state index < -0.39 is 0 Å². The van der Waals surface area contributed by atoms with Crippen molar-refractivity contribution in [2.75, 3.05) is 25.2 Å². The quantitative estimate of drug-likeness (QED) is 0.427. The Labute approximate surface area is 168 Å². The predicted molar refractivity (Wildman–Crippen MR) is 111 cm³/mol. The zero-order valence-electron chi connectivity index (χ0n) is 15.5. The number of hydrogen-bond donors (Lipinski definition) is 0. The molecule has 2 aromatic carbocycles. The van der Waals surface area contributed by atoms with Crippen LogP contribution in [0, 0.1) is 12.3 Å². The summed E-state index contributed by atoms with van der Waals surface area (Å²) in [5.74, 6) is 3.00. The first-order valence-corrected chi connectivity index (χ1v) is 8.94. The monoisotopic (exact) mass is 395 g/mol. The maximum atomic E-state index is 12.6. The maximum absolute atomic E-state index is 12.6. The Morgan fingerprint density at radius 1 is 1.32 bits per heavy atom. The van der Waals surface area contributed by atoms with Crippen molar-refractivity contribution in [2.45, 2.75) is 6.92 Å². The molecule has 7 heteroatoms. The molecular weight excluding hydrogens is 378 g/mol. The molecule has 0 spiro atoms. The molecule has 0 aliphatic carbocycles. The summed E-state index contributed by atoms with van der Waals surface area (Å²) in [4.78, 5) is 14.3. The Morgan fingerprint density at radius 3 is 2.82 bits per heavy atom. The van der Waals surface area contributed by atoms with Crippen molar-refractivity contribution >= 4 is 35.1 Å². The van der Waals surface area contributed by atoms with Gasteiger partial charge in [0.15, 0.2) is 17.2 Å². The van der Waals surface area contributed by atoms with Crippen molar-refractivity contribution < 1.29 is 14.3 Å². The topological polar surface area (TPSA) is 63.5 Å². The molecule has 1 heterocycles. The second-order valence-corrected chi connectivity index (χ2v) is 6.19. The van der Waals surface area contributed by atoms with Gasteiger partial charge in [-0.15, -0.1) is 11.5 Å². The summed E-state index contributed by atoms with van der Waals surface area (Å²) in [6.07, 6.45) is 6.71. The van der Waals surface area contributed by atoms with Crippen LogP contribution in [-0.4, -0.2) is 38.1 Å². The highest BCUT2D eigenvalue weighted by Crippen LogP contribution is 2.36. The third kappa shape index (κ3) is 3.71. The predicted octanol–water partition coefficient (Wildman–Crippen LogP) is 3.55. The lowest BCUT2D eigenvalue weighted by atomic mass is 10.1.